The number of aryl methyl sites for hydroxylation is 2. The molecule has 0 bridgehead atoms. The van der Waals surface area contributed by atoms with Gasteiger partial charge in [0.25, 0.3) is 11.5 Å². The molecule has 4 rings (SSSR count). The Labute approximate surface area is 340 Å². The van der Waals surface area contributed by atoms with Crippen LogP contribution >= 0.6 is 0 Å². The fraction of sp³-hybridized carbons (Fsp3) is 0.571. The van der Waals surface area contributed by atoms with Crippen LogP contribution < -0.4 is 21.5 Å². The number of carbonyl (C=O) groups excluding carboxylic acids is 4. The number of β-amino-alcohol motifs (C(OH)–C–C–N with tert-alkyl or cyclic N) is 1. The number of ether oxygens (including phenoxy) is 3. The van der Waals surface area contributed by atoms with Gasteiger partial charge >= 0.3 is 0 Å². The van der Waals surface area contributed by atoms with Gasteiger partial charge in [-0.1, -0.05) is 26.8 Å². The highest BCUT2D eigenvalue weighted by molar-refractivity contribution is 6.06. The van der Waals surface area contributed by atoms with Crippen LogP contribution in [0.1, 0.15) is 85.8 Å². The maximum atomic E-state index is 13.6. The van der Waals surface area contributed by atoms with Crippen molar-refractivity contribution in [1.82, 2.24) is 25.4 Å². The SMILES string of the molecule is Cc1cc(C)c(CNC(=O)c2cc(C3=CCN(C(=O)COCCOCCOCC(=O)N[C@H](C(=O)N4CCC(O)C4)C(C)(C)C)CC3)cc(NC(C)C)c2C=N)c(=O)[nH]1. The van der Waals surface area contributed by atoms with Crippen molar-refractivity contribution in [2.24, 2.45) is 5.41 Å². The number of nitrogens with zero attached hydrogens (tertiary/aromatic N) is 2. The van der Waals surface area contributed by atoms with Crippen LogP contribution in [0.15, 0.2) is 29.1 Å². The average Bonchev–Trinajstić information content (AvgIpc) is 3.60. The molecule has 2 atom stereocenters. The van der Waals surface area contributed by atoms with Crippen LogP contribution in [0.4, 0.5) is 5.69 Å². The second-order valence-corrected chi connectivity index (χ2v) is 16.2. The maximum absolute atomic E-state index is 13.6. The number of pyridine rings is 1. The summed E-state index contributed by atoms with van der Waals surface area (Å²) < 4.78 is 16.5. The fourth-order valence-corrected chi connectivity index (χ4v) is 6.86. The number of rotatable bonds is 19. The van der Waals surface area contributed by atoms with E-state index < -0.39 is 29.4 Å². The fourth-order valence-electron chi connectivity index (χ4n) is 6.86. The van der Waals surface area contributed by atoms with Crippen molar-refractivity contribution in [3.8, 4) is 0 Å². The first-order valence-corrected chi connectivity index (χ1v) is 19.9. The Bertz CT molecular complexity index is 1880. The van der Waals surface area contributed by atoms with E-state index >= 15 is 0 Å². The Morgan fingerprint density at radius 2 is 1.69 bits per heavy atom. The molecule has 1 fully saturated rings. The summed E-state index contributed by atoms with van der Waals surface area (Å²) in [6.45, 7) is 15.2. The third kappa shape index (κ3) is 13.1. The number of aromatic nitrogens is 1. The predicted molar refractivity (Wildman–Crippen MR) is 221 cm³/mol. The molecule has 58 heavy (non-hydrogen) atoms. The lowest BCUT2D eigenvalue weighted by atomic mass is 9.85. The summed E-state index contributed by atoms with van der Waals surface area (Å²) in [4.78, 5) is 70.7. The van der Waals surface area contributed by atoms with E-state index in [2.05, 4.69) is 20.9 Å². The minimum Gasteiger partial charge on any atom is -0.391 e. The number of anilines is 1. The molecule has 16 nitrogen and oxygen atoms in total. The molecule has 3 heterocycles. The number of benzene rings is 1. The molecule has 1 saturated heterocycles. The Kier molecular flexibility index (Phi) is 16.7. The van der Waals surface area contributed by atoms with E-state index in [0.29, 0.717) is 54.9 Å². The number of aromatic amines is 1. The molecule has 2 aliphatic rings. The first kappa shape index (κ1) is 45.8. The Morgan fingerprint density at radius 1 is 1.00 bits per heavy atom. The van der Waals surface area contributed by atoms with Crippen LogP contribution in [0.25, 0.3) is 5.57 Å². The number of amides is 4. The van der Waals surface area contributed by atoms with Crippen LogP contribution in [0.3, 0.4) is 0 Å². The van der Waals surface area contributed by atoms with Gasteiger partial charge in [-0.15, -0.1) is 0 Å². The summed E-state index contributed by atoms with van der Waals surface area (Å²) >= 11 is 0. The zero-order valence-corrected chi connectivity index (χ0v) is 34.9. The molecule has 0 aliphatic carbocycles. The molecule has 4 amide bonds. The van der Waals surface area contributed by atoms with E-state index in [1.54, 1.807) is 22.8 Å². The third-order valence-corrected chi connectivity index (χ3v) is 9.96. The Morgan fingerprint density at radius 3 is 2.28 bits per heavy atom. The van der Waals surface area contributed by atoms with Gasteiger partial charge in [-0.3, -0.25) is 24.0 Å². The number of hydrogen-bond donors (Lipinski definition) is 6. The Balaban J connectivity index is 1.20. The van der Waals surface area contributed by atoms with Gasteiger partial charge in [-0.25, -0.2) is 0 Å². The molecule has 318 valence electrons. The van der Waals surface area contributed by atoms with Crippen LogP contribution in [0.2, 0.25) is 0 Å². The van der Waals surface area contributed by atoms with Crippen LogP contribution in [-0.2, 0) is 35.1 Å². The number of H-pyrrole nitrogens is 1. The molecule has 0 saturated carbocycles. The first-order chi connectivity index (χ1) is 27.5. The van der Waals surface area contributed by atoms with E-state index in [0.717, 1.165) is 28.6 Å². The van der Waals surface area contributed by atoms with Crippen LogP contribution in [-0.4, -0.2) is 134 Å². The molecule has 0 radical (unpaired) electrons. The van der Waals surface area contributed by atoms with Crippen molar-refractivity contribution in [3.63, 3.8) is 0 Å². The quantitative estimate of drug-likeness (QED) is 0.0901. The second kappa shape index (κ2) is 21.2. The minimum absolute atomic E-state index is 0.0347. The molecule has 2 aliphatic heterocycles. The van der Waals surface area contributed by atoms with Crippen molar-refractivity contribution >= 4 is 41.1 Å². The lowest BCUT2D eigenvalue weighted by Crippen LogP contribution is -2.55. The summed E-state index contributed by atoms with van der Waals surface area (Å²) in [5.41, 5.74) is 4.36. The van der Waals surface area contributed by atoms with Gasteiger partial charge in [-0.2, -0.15) is 0 Å². The number of aliphatic hydroxyl groups excluding tert-OH is 1. The largest absolute Gasteiger partial charge is 0.391 e. The van der Waals surface area contributed by atoms with Crippen molar-refractivity contribution in [1.29, 1.82) is 5.41 Å². The number of hydrogen-bond acceptors (Lipinski definition) is 11. The van der Waals surface area contributed by atoms with Crippen molar-refractivity contribution in [2.45, 2.75) is 86.0 Å². The monoisotopic (exact) mass is 807 g/mol. The predicted octanol–water partition coefficient (Wildman–Crippen LogP) is 2.53. The zero-order chi connectivity index (χ0) is 42.6. The van der Waals surface area contributed by atoms with E-state index in [9.17, 15) is 29.1 Å². The molecule has 0 spiro atoms. The smallest absolute Gasteiger partial charge is 0.253 e. The second-order valence-electron chi connectivity index (χ2n) is 16.2. The van der Waals surface area contributed by atoms with Gasteiger partial charge in [-0.05, 0) is 80.9 Å². The van der Waals surface area contributed by atoms with E-state index in [1.807, 2.05) is 59.8 Å². The molecule has 16 heteroatoms. The number of aliphatic hydroxyl groups is 1. The normalized spacial score (nSPS) is 16.2. The van der Waals surface area contributed by atoms with Crippen LogP contribution in [0.5, 0.6) is 0 Å². The van der Waals surface area contributed by atoms with Gasteiger partial charge in [0.2, 0.25) is 17.7 Å². The number of nitrogens with one attached hydrogen (secondary N) is 5. The van der Waals surface area contributed by atoms with Crippen LogP contribution in [0, 0.1) is 24.7 Å². The first-order valence-electron chi connectivity index (χ1n) is 19.9. The van der Waals surface area contributed by atoms with Gasteiger partial charge in [0.05, 0.1) is 38.1 Å². The molecule has 2 aromatic rings. The van der Waals surface area contributed by atoms with Crippen molar-refractivity contribution in [2.75, 3.05) is 71.1 Å². The molecule has 1 aromatic carbocycles. The van der Waals surface area contributed by atoms with Crippen molar-refractivity contribution < 1.29 is 38.5 Å². The molecule has 6 N–H and O–H groups in total. The van der Waals surface area contributed by atoms with Gasteiger partial charge in [0.1, 0.15) is 19.3 Å². The highest BCUT2D eigenvalue weighted by Gasteiger charge is 2.38. The summed E-state index contributed by atoms with van der Waals surface area (Å²) in [5.74, 6) is -1.21. The molecular formula is C42H61N7O9. The average molecular weight is 808 g/mol. The van der Waals surface area contributed by atoms with E-state index in [-0.39, 0.29) is 76.1 Å². The Hall–Kier alpha value is -4.90. The highest BCUT2D eigenvalue weighted by atomic mass is 16.5. The third-order valence-electron chi connectivity index (χ3n) is 9.96. The van der Waals surface area contributed by atoms with Crippen molar-refractivity contribution in [3.05, 3.63) is 68.1 Å². The summed E-state index contributed by atoms with van der Waals surface area (Å²) in [7, 11) is 0. The van der Waals surface area contributed by atoms with Gasteiger partial charge < -0.3 is 55.5 Å². The topological polar surface area (TPSA) is 215 Å². The molecular weight excluding hydrogens is 747 g/mol. The molecule has 1 unspecified atom stereocenters. The summed E-state index contributed by atoms with van der Waals surface area (Å²) in [5, 5.41) is 26.9. The highest BCUT2D eigenvalue weighted by Crippen LogP contribution is 2.30. The van der Waals surface area contributed by atoms with Gasteiger partial charge in [0, 0.05) is 67.5 Å². The maximum Gasteiger partial charge on any atom is 0.253 e. The summed E-state index contributed by atoms with van der Waals surface area (Å²) in [6, 6.07) is 4.82. The molecule has 1 aromatic heterocycles. The van der Waals surface area contributed by atoms with E-state index in [4.69, 9.17) is 19.6 Å². The lowest BCUT2D eigenvalue weighted by molar-refractivity contribution is -0.140. The number of carbonyl (C=O) groups is 4. The van der Waals surface area contributed by atoms with Gasteiger partial charge in [0.15, 0.2) is 0 Å². The minimum atomic E-state index is -0.748. The summed E-state index contributed by atoms with van der Waals surface area (Å²) in [6.07, 6.45) is 3.64. The lowest BCUT2D eigenvalue weighted by Gasteiger charge is -2.33. The number of likely N-dealkylation sites (tertiary alicyclic amines) is 1. The zero-order valence-electron chi connectivity index (χ0n) is 34.9. The standard InChI is InChI=1S/C42H61N7O9/c1-26(2)45-35-20-30(19-32(33(35)21-43)39(53)44-22-34-27(3)18-28(4)46-40(34)54)29-8-11-48(12-9-29)37(52)25-58-17-15-56-14-16-57-24-36(51)47-38(42(5,6)7)41(55)49-13-10-31(50)23-49/h8,18-21,26,31,38,43,45,50H,9-17,22-25H2,1-7H3,(H,44,53)(H,46,54)(H,47,51)/t31?,38-/m1/s1. The van der Waals surface area contributed by atoms with E-state index in [1.165, 1.54) is 0 Å².